The van der Waals surface area contributed by atoms with E-state index in [1.54, 1.807) is 55.5 Å². The number of hydrogen-bond donors (Lipinski definition) is 2. The monoisotopic (exact) mass is 358 g/mol. The van der Waals surface area contributed by atoms with Crippen molar-refractivity contribution in [2.24, 2.45) is 5.10 Å². The molecule has 0 saturated carbocycles. The largest absolute Gasteiger partial charge is 0.507 e. The molecule has 130 valence electrons. The molecule has 0 bridgehead atoms. The fourth-order valence-corrected chi connectivity index (χ4v) is 2.19. The maximum atomic E-state index is 12.0. The maximum absolute atomic E-state index is 12.0. The van der Waals surface area contributed by atoms with Crippen LogP contribution < -0.4 is 10.2 Å². The van der Waals surface area contributed by atoms with E-state index >= 15 is 0 Å². The van der Waals surface area contributed by atoms with Gasteiger partial charge in [0.05, 0.1) is 6.21 Å². The Morgan fingerprint density at radius 1 is 1.36 bits per heavy atom. The quantitative estimate of drug-likeness (QED) is 0.450. The van der Waals surface area contributed by atoms with Crippen LogP contribution in [-0.4, -0.2) is 23.3 Å². The second kappa shape index (κ2) is 8.89. The van der Waals surface area contributed by atoms with E-state index < -0.39 is 12.0 Å². The van der Waals surface area contributed by atoms with E-state index in [1.165, 1.54) is 6.21 Å². The summed E-state index contributed by atoms with van der Waals surface area (Å²) in [7, 11) is 0. The minimum Gasteiger partial charge on any atom is -0.507 e. The number of carbonyl (C=O) groups is 1. The zero-order valence-corrected chi connectivity index (χ0v) is 14.5. The van der Waals surface area contributed by atoms with E-state index in [1.807, 2.05) is 0 Å². The standard InChI is InChI=1S/C19H19ClN2O3/c1-3-5-14-6-4-7-15(18(14)23)12-21-22-19(24)13(2)25-17-10-8-16(20)9-11-17/h3-4,6-13,23H,1,5H2,2H3,(H,22,24). The average molecular weight is 359 g/mol. The molecule has 2 N–H and O–H groups in total. The third-order valence-corrected chi connectivity index (χ3v) is 3.64. The van der Waals surface area contributed by atoms with E-state index in [0.29, 0.717) is 22.8 Å². The number of aromatic hydroxyl groups is 1. The number of phenols is 1. The van der Waals surface area contributed by atoms with E-state index in [0.717, 1.165) is 5.56 Å². The summed E-state index contributed by atoms with van der Waals surface area (Å²) in [4.78, 5) is 12.0. The Bertz CT molecular complexity index is 773. The number of carbonyl (C=O) groups excluding carboxylic acids is 1. The lowest BCUT2D eigenvalue weighted by Crippen LogP contribution is -2.33. The van der Waals surface area contributed by atoms with Crippen LogP contribution in [0, 0.1) is 0 Å². The van der Waals surface area contributed by atoms with Gasteiger partial charge in [-0.15, -0.1) is 6.58 Å². The van der Waals surface area contributed by atoms with Crippen molar-refractivity contribution in [3.05, 3.63) is 71.3 Å². The number of halogens is 1. The average Bonchev–Trinajstić information content (AvgIpc) is 2.60. The van der Waals surface area contributed by atoms with Crippen molar-refractivity contribution < 1.29 is 14.6 Å². The number of amides is 1. The first kappa shape index (κ1) is 18.5. The summed E-state index contributed by atoms with van der Waals surface area (Å²) in [5, 5.41) is 14.6. The van der Waals surface area contributed by atoms with Gasteiger partial charge >= 0.3 is 0 Å². The number of benzene rings is 2. The summed E-state index contributed by atoms with van der Waals surface area (Å²) in [5.74, 6) is 0.240. The van der Waals surface area contributed by atoms with Crippen molar-refractivity contribution in [2.45, 2.75) is 19.4 Å². The van der Waals surface area contributed by atoms with Crippen molar-refractivity contribution in [1.29, 1.82) is 0 Å². The molecule has 1 atom stereocenters. The highest BCUT2D eigenvalue weighted by Crippen LogP contribution is 2.21. The first-order chi connectivity index (χ1) is 12.0. The summed E-state index contributed by atoms with van der Waals surface area (Å²) in [5.41, 5.74) is 3.64. The highest BCUT2D eigenvalue weighted by molar-refractivity contribution is 6.30. The van der Waals surface area contributed by atoms with Gasteiger partial charge in [0.15, 0.2) is 6.10 Å². The topological polar surface area (TPSA) is 70.9 Å². The molecular formula is C19H19ClN2O3. The smallest absolute Gasteiger partial charge is 0.280 e. The number of para-hydroxylation sites is 1. The van der Waals surface area contributed by atoms with Gasteiger partial charge in [-0.25, -0.2) is 5.43 Å². The van der Waals surface area contributed by atoms with Crippen molar-refractivity contribution in [3.63, 3.8) is 0 Å². The summed E-state index contributed by atoms with van der Waals surface area (Å²) in [6.45, 7) is 5.26. The molecule has 0 radical (unpaired) electrons. The van der Waals surface area contributed by atoms with Crippen LogP contribution in [0.25, 0.3) is 0 Å². The Kier molecular flexibility index (Phi) is 6.60. The van der Waals surface area contributed by atoms with Gasteiger partial charge < -0.3 is 9.84 Å². The first-order valence-electron chi connectivity index (χ1n) is 7.68. The normalized spacial score (nSPS) is 11.9. The first-order valence-corrected chi connectivity index (χ1v) is 8.06. The molecule has 1 amide bonds. The summed E-state index contributed by atoms with van der Waals surface area (Å²) >= 11 is 5.80. The van der Waals surface area contributed by atoms with Gasteiger partial charge in [-0.3, -0.25) is 4.79 Å². The molecule has 0 spiro atoms. The summed E-state index contributed by atoms with van der Waals surface area (Å²) in [6.07, 6.45) is 2.90. The third-order valence-electron chi connectivity index (χ3n) is 3.39. The molecule has 2 aromatic carbocycles. The van der Waals surface area contributed by atoms with Crippen LogP contribution >= 0.6 is 11.6 Å². The van der Waals surface area contributed by atoms with Gasteiger partial charge in [0.2, 0.25) is 0 Å². The molecule has 0 saturated heterocycles. The molecule has 0 fully saturated rings. The van der Waals surface area contributed by atoms with E-state index in [-0.39, 0.29) is 5.75 Å². The molecule has 2 rings (SSSR count). The molecule has 0 aliphatic heterocycles. The van der Waals surface area contributed by atoms with Crippen LogP contribution in [0.2, 0.25) is 5.02 Å². The molecule has 6 heteroatoms. The van der Waals surface area contributed by atoms with Gasteiger partial charge in [-0.1, -0.05) is 29.8 Å². The van der Waals surface area contributed by atoms with Crippen LogP contribution in [0.5, 0.6) is 11.5 Å². The van der Waals surface area contributed by atoms with Gasteiger partial charge in [-0.05, 0) is 49.2 Å². The minimum absolute atomic E-state index is 0.117. The Balaban J connectivity index is 1.94. The molecule has 0 aliphatic rings. The molecule has 0 aliphatic carbocycles. The number of hydrogen-bond acceptors (Lipinski definition) is 4. The molecule has 2 aromatic rings. The van der Waals surface area contributed by atoms with Crippen LogP contribution in [0.15, 0.2) is 60.2 Å². The van der Waals surface area contributed by atoms with E-state index in [4.69, 9.17) is 16.3 Å². The Hall–Kier alpha value is -2.79. The lowest BCUT2D eigenvalue weighted by atomic mass is 10.1. The lowest BCUT2D eigenvalue weighted by molar-refractivity contribution is -0.127. The van der Waals surface area contributed by atoms with Crippen molar-refractivity contribution >= 4 is 23.7 Å². The van der Waals surface area contributed by atoms with Gasteiger partial charge in [0.1, 0.15) is 11.5 Å². The highest BCUT2D eigenvalue weighted by Gasteiger charge is 2.14. The van der Waals surface area contributed by atoms with Gasteiger partial charge in [-0.2, -0.15) is 5.10 Å². The van der Waals surface area contributed by atoms with E-state index in [9.17, 15) is 9.90 Å². The Morgan fingerprint density at radius 3 is 2.76 bits per heavy atom. The fraction of sp³-hybridized carbons (Fsp3) is 0.158. The number of nitrogens with zero attached hydrogens (tertiary/aromatic N) is 1. The van der Waals surface area contributed by atoms with Gasteiger partial charge in [0, 0.05) is 10.6 Å². The number of nitrogens with one attached hydrogen (secondary N) is 1. The van der Waals surface area contributed by atoms with Crippen molar-refractivity contribution in [1.82, 2.24) is 5.43 Å². The second-order valence-corrected chi connectivity index (χ2v) is 5.73. The highest BCUT2D eigenvalue weighted by atomic mass is 35.5. The lowest BCUT2D eigenvalue weighted by Gasteiger charge is -2.12. The number of hydrazone groups is 1. The van der Waals surface area contributed by atoms with Crippen LogP contribution in [0.4, 0.5) is 0 Å². The number of allylic oxidation sites excluding steroid dienone is 1. The second-order valence-electron chi connectivity index (χ2n) is 5.30. The maximum Gasteiger partial charge on any atom is 0.280 e. The molecule has 1 unspecified atom stereocenters. The Morgan fingerprint density at radius 2 is 2.08 bits per heavy atom. The summed E-state index contributed by atoms with van der Waals surface area (Å²) in [6, 6.07) is 12.0. The van der Waals surface area contributed by atoms with Crippen LogP contribution in [-0.2, 0) is 11.2 Å². The summed E-state index contributed by atoms with van der Waals surface area (Å²) < 4.78 is 5.50. The number of rotatable bonds is 7. The molecule has 25 heavy (non-hydrogen) atoms. The van der Waals surface area contributed by atoms with Gasteiger partial charge in [0.25, 0.3) is 5.91 Å². The zero-order chi connectivity index (χ0) is 18.2. The predicted molar refractivity (Wildman–Crippen MR) is 99.3 cm³/mol. The molecule has 5 nitrogen and oxygen atoms in total. The number of ether oxygens (including phenoxy) is 1. The predicted octanol–water partition coefficient (Wildman–Crippen LogP) is 3.69. The molecule has 0 aromatic heterocycles. The molecule has 0 heterocycles. The Labute approximate surface area is 151 Å². The third kappa shape index (κ3) is 5.36. The zero-order valence-electron chi connectivity index (χ0n) is 13.8. The minimum atomic E-state index is -0.737. The van der Waals surface area contributed by atoms with Crippen molar-refractivity contribution in [3.8, 4) is 11.5 Å². The fourth-order valence-electron chi connectivity index (χ4n) is 2.06. The van der Waals surface area contributed by atoms with Crippen LogP contribution in [0.3, 0.4) is 0 Å². The van der Waals surface area contributed by atoms with Crippen molar-refractivity contribution in [2.75, 3.05) is 0 Å². The van der Waals surface area contributed by atoms with E-state index in [2.05, 4.69) is 17.1 Å². The molecular weight excluding hydrogens is 340 g/mol. The number of phenolic OH excluding ortho intramolecular Hbond substituents is 1. The van der Waals surface area contributed by atoms with Crippen LogP contribution in [0.1, 0.15) is 18.1 Å². The SMILES string of the molecule is C=CCc1cccc(C=NNC(=O)C(C)Oc2ccc(Cl)cc2)c1O.